The first kappa shape index (κ1) is 16.3. The smallest absolute Gasteiger partial charge is 0.231 e. The van der Waals surface area contributed by atoms with Gasteiger partial charge in [0.05, 0.1) is 6.42 Å². The Morgan fingerprint density at radius 3 is 2.38 bits per heavy atom. The van der Waals surface area contributed by atoms with Crippen LogP contribution >= 0.6 is 0 Å². The maximum absolute atomic E-state index is 13.0. The Balaban J connectivity index is 1.93. The first-order chi connectivity index (χ1) is 11.5. The van der Waals surface area contributed by atoms with Gasteiger partial charge in [0, 0.05) is 28.8 Å². The Bertz CT molecular complexity index is 872. The van der Waals surface area contributed by atoms with Crippen molar-refractivity contribution >= 4 is 22.5 Å². The Hall–Kier alpha value is -2.55. The average molecular weight is 320 g/mol. The van der Waals surface area contributed by atoms with Crippen molar-refractivity contribution in [2.75, 3.05) is 11.4 Å². The van der Waals surface area contributed by atoms with Gasteiger partial charge in [-0.2, -0.15) is 0 Å². The number of carbonyl (C=O) groups excluding carboxylic acids is 1. The Labute approximate surface area is 143 Å². The summed E-state index contributed by atoms with van der Waals surface area (Å²) >= 11 is 0. The predicted octanol–water partition coefficient (Wildman–Crippen LogP) is 4.69. The highest BCUT2D eigenvalue weighted by Gasteiger charge is 2.18. The van der Waals surface area contributed by atoms with Crippen LogP contribution in [0.3, 0.4) is 0 Å². The largest absolute Gasteiger partial charge is 0.358 e. The van der Waals surface area contributed by atoms with Crippen molar-refractivity contribution in [3.63, 3.8) is 0 Å². The molecule has 3 rings (SSSR count). The van der Waals surface area contributed by atoms with Gasteiger partial charge >= 0.3 is 0 Å². The number of H-pyrrole nitrogens is 1. The van der Waals surface area contributed by atoms with Crippen LogP contribution in [0.15, 0.2) is 42.5 Å². The molecule has 0 bridgehead atoms. The SMILES string of the molecule is CCN(C(=O)Cc1c(C)[nH]c2ccccc12)c1cc(C)cc(C)c1. The molecule has 1 aromatic heterocycles. The zero-order valence-electron chi connectivity index (χ0n) is 14.8. The van der Waals surface area contributed by atoms with E-state index in [-0.39, 0.29) is 5.91 Å². The zero-order chi connectivity index (χ0) is 17.3. The summed E-state index contributed by atoms with van der Waals surface area (Å²) in [5.41, 5.74) is 6.60. The van der Waals surface area contributed by atoms with E-state index in [0.29, 0.717) is 13.0 Å². The molecular formula is C21H24N2O. The summed E-state index contributed by atoms with van der Waals surface area (Å²) in [6.45, 7) is 8.87. The fraction of sp³-hybridized carbons (Fsp3) is 0.286. The summed E-state index contributed by atoms with van der Waals surface area (Å²) < 4.78 is 0. The molecule has 0 saturated carbocycles. The van der Waals surface area contributed by atoms with Gasteiger partial charge in [0.2, 0.25) is 5.91 Å². The summed E-state index contributed by atoms with van der Waals surface area (Å²) in [5, 5.41) is 1.14. The molecule has 3 nitrogen and oxygen atoms in total. The molecule has 0 unspecified atom stereocenters. The summed E-state index contributed by atoms with van der Waals surface area (Å²) in [4.78, 5) is 18.2. The number of benzene rings is 2. The summed E-state index contributed by atoms with van der Waals surface area (Å²) in [5.74, 6) is 0.135. The third-order valence-electron chi connectivity index (χ3n) is 4.49. The van der Waals surface area contributed by atoms with Crippen LogP contribution in [0, 0.1) is 20.8 Å². The molecule has 0 aliphatic rings. The van der Waals surface area contributed by atoms with Crippen molar-refractivity contribution in [1.82, 2.24) is 4.98 Å². The fourth-order valence-electron chi connectivity index (χ4n) is 3.42. The van der Waals surface area contributed by atoms with Crippen LogP contribution in [0.1, 0.15) is 29.3 Å². The molecule has 0 radical (unpaired) electrons. The molecule has 1 heterocycles. The summed E-state index contributed by atoms with van der Waals surface area (Å²) in [6.07, 6.45) is 0.413. The van der Waals surface area contributed by atoms with Gasteiger partial charge in [0.25, 0.3) is 0 Å². The lowest BCUT2D eigenvalue weighted by molar-refractivity contribution is -0.117. The van der Waals surface area contributed by atoms with Crippen molar-refractivity contribution in [3.8, 4) is 0 Å². The molecule has 3 heteroatoms. The quantitative estimate of drug-likeness (QED) is 0.744. The van der Waals surface area contributed by atoms with Gasteiger partial charge in [0.15, 0.2) is 0 Å². The topological polar surface area (TPSA) is 36.1 Å². The second-order valence-electron chi connectivity index (χ2n) is 6.43. The first-order valence-corrected chi connectivity index (χ1v) is 8.44. The van der Waals surface area contributed by atoms with Crippen LogP contribution < -0.4 is 4.90 Å². The second kappa shape index (κ2) is 6.52. The van der Waals surface area contributed by atoms with Gasteiger partial charge < -0.3 is 9.88 Å². The summed E-state index contributed by atoms with van der Waals surface area (Å²) in [6, 6.07) is 14.5. The van der Waals surface area contributed by atoms with Crippen LogP contribution in [-0.2, 0) is 11.2 Å². The van der Waals surface area contributed by atoms with Crippen LogP contribution in [0.5, 0.6) is 0 Å². The number of aromatic nitrogens is 1. The number of hydrogen-bond donors (Lipinski definition) is 1. The maximum atomic E-state index is 13.0. The van der Waals surface area contributed by atoms with Crippen molar-refractivity contribution in [3.05, 3.63) is 64.8 Å². The number of aryl methyl sites for hydroxylation is 3. The molecule has 2 aromatic carbocycles. The van der Waals surface area contributed by atoms with Gasteiger partial charge in [0.1, 0.15) is 0 Å². The minimum absolute atomic E-state index is 0.135. The average Bonchev–Trinajstić information content (AvgIpc) is 2.83. The molecule has 1 N–H and O–H groups in total. The number of rotatable bonds is 4. The normalized spacial score (nSPS) is 11.0. The van der Waals surface area contributed by atoms with Crippen LogP contribution in [0.4, 0.5) is 5.69 Å². The number of anilines is 1. The number of aromatic amines is 1. The number of para-hydroxylation sites is 1. The molecule has 0 aliphatic carbocycles. The van der Waals surface area contributed by atoms with E-state index in [1.807, 2.05) is 30.9 Å². The molecule has 124 valence electrons. The minimum atomic E-state index is 0.135. The monoisotopic (exact) mass is 320 g/mol. The highest BCUT2D eigenvalue weighted by Crippen LogP contribution is 2.25. The molecule has 24 heavy (non-hydrogen) atoms. The van der Waals surface area contributed by atoms with E-state index in [9.17, 15) is 4.79 Å². The maximum Gasteiger partial charge on any atom is 0.231 e. The lowest BCUT2D eigenvalue weighted by atomic mass is 10.1. The van der Waals surface area contributed by atoms with E-state index in [1.54, 1.807) is 0 Å². The highest BCUT2D eigenvalue weighted by molar-refractivity contribution is 5.98. The molecule has 0 fully saturated rings. The predicted molar refractivity (Wildman–Crippen MR) is 101 cm³/mol. The van der Waals surface area contributed by atoms with Gasteiger partial charge in [-0.3, -0.25) is 4.79 Å². The third-order valence-corrected chi connectivity index (χ3v) is 4.49. The molecule has 0 saturated heterocycles. The Kier molecular flexibility index (Phi) is 4.43. The molecule has 0 aliphatic heterocycles. The van der Waals surface area contributed by atoms with Crippen LogP contribution in [0.2, 0.25) is 0 Å². The number of hydrogen-bond acceptors (Lipinski definition) is 1. The molecule has 0 atom stereocenters. The molecule has 1 amide bonds. The van der Waals surface area contributed by atoms with E-state index < -0.39 is 0 Å². The van der Waals surface area contributed by atoms with Crippen molar-refractivity contribution in [2.45, 2.75) is 34.1 Å². The van der Waals surface area contributed by atoms with E-state index in [2.05, 4.69) is 49.2 Å². The number of fused-ring (bicyclic) bond motifs is 1. The van der Waals surface area contributed by atoms with Gasteiger partial charge in [-0.15, -0.1) is 0 Å². The lowest BCUT2D eigenvalue weighted by Crippen LogP contribution is -2.32. The van der Waals surface area contributed by atoms with Crippen molar-refractivity contribution in [1.29, 1.82) is 0 Å². The van der Waals surface area contributed by atoms with Crippen molar-refractivity contribution in [2.24, 2.45) is 0 Å². The van der Waals surface area contributed by atoms with Gasteiger partial charge in [-0.1, -0.05) is 24.3 Å². The number of carbonyl (C=O) groups is 1. The third kappa shape index (κ3) is 3.07. The van der Waals surface area contributed by atoms with Crippen LogP contribution in [0.25, 0.3) is 10.9 Å². The number of likely N-dealkylation sites (N-methyl/N-ethyl adjacent to an activating group) is 1. The summed E-state index contributed by atoms with van der Waals surface area (Å²) in [7, 11) is 0. The number of nitrogens with one attached hydrogen (secondary N) is 1. The molecular weight excluding hydrogens is 296 g/mol. The van der Waals surface area contributed by atoms with Gasteiger partial charge in [-0.05, 0) is 62.6 Å². The number of amides is 1. The zero-order valence-corrected chi connectivity index (χ0v) is 14.8. The second-order valence-corrected chi connectivity index (χ2v) is 6.43. The van der Waals surface area contributed by atoms with E-state index in [1.165, 1.54) is 11.1 Å². The van der Waals surface area contributed by atoms with Gasteiger partial charge in [-0.25, -0.2) is 0 Å². The fourth-order valence-corrected chi connectivity index (χ4v) is 3.42. The first-order valence-electron chi connectivity index (χ1n) is 8.44. The van der Waals surface area contributed by atoms with E-state index in [4.69, 9.17) is 0 Å². The number of nitrogens with zero attached hydrogens (tertiary/aromatic N) is 1. The molecule has 0 spiro atoms. The Morgan fingerprint density at radius 2 is 1.71 bits per heavy atom. The standard InChI is InChI=1S/C21H24N2O/c1-5-23(17-11-14(2)10-15(3)12-17)21(24)13-19-16(4)22-20-9-7-6-8-18(19)20/h6-12,22H,5,13H2,1-4H3. The van der Waals surface area contributed by atoms with E-state index in [0.717, 1.165) is 27.8 Å². The van der Waals surface area contributed by atoms with Crippen LogP contribution in [-0.4, -0.2) is 17.4 Å². The van der Waals surface area contributed by atoms with E-state index >= 15 is 0 Å². The molecule has 3 aromatic rings. The highest BCUT2D eigenvalue weighted by atomic mass is 16.2. The minimum Gasteiger partial charge on any atom is -0.358 e. The Morgan fingerprint density at radius 1 is 1.04 bits per heavy atom. The van der Waals surface area contributed by atoms with Crippen molar-refractivity contribution < 1.29 is 4.79 Å². The lowest BCUT2D eigenvalue weighted by Gasteiger charge is -2.22.